The molecule has 0 saturated heterocycles. The van der Waals surface area contributed by atoms with E-state index < -0.39 is 11.7 Å². The first-order chi connectivity index (χ1) is 12.9. The Kier molecular flexibility index (Phi) is 4.22. The summed E-state index contributed by atoms with van der Waals surface area (Å²) in [5.41, 5.74) is 3.45. The maximum atomic E-state index is 13.1. The lowest BCUT2D eigenvalue weighted by molar-refractivity contribution is -0.137. The highest BCUT2D eigenvalue weighted by atomic mass is 19.4. The summed E-state index contributed by atoms with van der Waals surface area (Å²) >= 11 is 0. The Morgan fingerprint density at radius 2 is 1.59 bits per heavy atom. The molecule has 27 heavy (non-hydrogen) atoms. The van der Waals surface area contributed by atoms with E-state index in [0.29, 0.717) is 23.4 Å². The Hall–Kier alpha value is -3.08. The third-order valence-electron chi connectivity index (χ3n) is 4.70. The molecule has 0 fully saturated rings. The van der Waals surface area contributed by atoms with Crippen LogP contribution in [0.5, 0.6) is 0 Å². The monoisotopic (exact) mass is 366 g/mol. The molecule has 5 heteroatoms. The van der Waals surface area contributed by atoms with Crippen molar-refractivity contribution >= 4 is 11.0 Å². The van der Waals surface area contributed by atoms with E-state index in [9.17, 15) is 13.2 Å². The van der Waals surface area contributed by atoms with Crippen LogP contribution in [0.15, 0.2) is 72.8 Å². The Morgan fingerprint density at radius 1 is 0.889 bits per heavy atom. The standard InChI is InChI=1S/C22H17F3N2/c1-15-7-5-6-10-17(15)14-27-20-12-11-18(22(23,24)25)13-19(20)26-21(27)16-8-3-2-4-9-16/h2-13H,14H2,1H3. The number of halogens is 3. The highest BCUT2D eigenvalue weighted by molar-refractivity contribution is 5.81. The van der Waals surface area contributed by atoms with E-state index in [-0.39, 0.29) is 0 Å². The van der Waals surface area contributed by atoms with Gasteiger partial charge in [0.2, 0.25) is 0 Å². The summed E-state index contributed by atoms with van der Waals surface area (Å²) in [5.74, 6) is 0.660. The van der Waals surface area contributed by atoms with Gasteiger partial charge in [-0.25, -0.2) is 4.98 Å². The van der Waals surface area contributed by atoms with Gasteiger partial charge in [0.15, 0.2) is 0 Å². The normalized spacial score (nSPS) is 11.9. The zero-order valence-corrected chi connectivity index (χ0v) is 14.7. The van der Waals surface area contributed by atoms with Crippen LogP contribution in [0, 0.1) is 6.92 Å². The molecule has 0 aliphatic heterocycles. The second-order valence-electron chi connectivity index (χ2n) is 6.52. The van der Waals surface area contributed by atoms with E-state index in [1.54, 1.807) is 0 Å². The number of imidazole rings is 1. The molecule has 3 aromatic carbocycles. The number of rotatable bonds is 3. The van der Waals surface area contributed by atoms with Crippen LogP contribution in [0.1, 0.15) is 16.7 Å². The highest BCUT2D eigenvalue weighted by Gasteiger charge is 2.31. The van der Waals surface area contributed by atoms with Gasteiger partial charge in [0.1, 0.15) is 5.82 Å². The number of aryl methyl sites for hydroxylation is 1. The van der Waals surface area contributed by atoms with Crippen LogP contribution in [0.3, 0.4) is 0 Å². The van der Waals surface area contributed by atoms with Crippen molar-refractivity contribution in [2.75, 3.05) is 0 Å². The summed E-state index contributed by atoms with van der Waals surface area (Å²) in [6.45, 7) is 2.57. The maximum Gasteiger partial charge on any atom is 0.416 e. The molecule has 4 aromatic rings. The predicted octanol–water partition coefficient (Wildman–Crippen LogP) is 6.08. The first-order valence-corrected chi connectivity index (χ1v) is 8.61. The summed E-state index contributed by atoms with van der Waals surface area (Å²) in [6, 6.07) is 21.3. The molecule has 0 atom stereocenters. The van der Waals surface area contributed by atoms with Crippen molar-refractivity contribution in [1.82, 2.24) is 9.55 Å². The van der Waals surface area contributed by atoms with E-state index >= 15 is 0 Å². The molecule has 0 N–H and O–H groups in total. The van der Waals surface area contributed by atoms with Gasteiger partial charge in [-0.15, -0.1) is 0 Å². The van der Waals surface area contributed by atoms with Gasteiger partial charge >= 0.3 is 6.18 Å². The van der Waals surface area contributed by atoms with Crippen LogP contribution in [0.25, 0.3) is 22.4 Å². The first-order valence-electron chi connectivity index (χ1n) is 8.61. The third kappa shape index (κ3) is 3.33. The van der Waals surface area contributed by atoms with Crippen molar-refractivity contribution in [2.45, 2.75) is 19.6 Å². The molecular weight excluding hydrogens is 349 g/mol. The molecule has 0 amide bonds. The highest BCUT2D eigenvalue weighted by Crippen LogP contribution is 2.33. The lowest BCUT2D eigenvalue weighted by Crippen LogP contribution is -2.05. The molecule has 1 aromatic heterocycles. The zero-order chi connectivity index (χ0) is 19.0. The number of hydrogen-bond donors (Lipinski definition) is 0. The van der Waals surface area contributed by atoms with Gasteiger partial charge in [0.25, 0.3) is 0 Å². The number of benzene rings is 3. The van der Waals surface area contributed by atoms with E-state index in [2.05, 4.69) is 4.98 Å². The molecule has 0 unspecified atom stereocenters. The lowest BCUT2D eigenvalue weighted by Gasteiger charge is -2.12. The predicted molar refractivity (Wildman–Crippen MR) is 100 cm³/mol. The van der Waals surface area contributed by atoms with Crippen molar-refractivity contribution in [1.29, 1.82) is 0 Å². The third-order valence-corrected chi connectivity index (χ3v) is 4.70. The fraction of sp³-hybridized carbons (Fsp3) is 0.136. The van der Waals surface area contributed by atoms with E-state index in [1.807, 2.05) is 66.1 Å². The van der Waals surface area contributed by atoms with Gasteiger partial charge in [-0.3, -0.25) is 0 Å². The van der Waals surface area contributed by atoms with E-state index in [0.717, 1.165) is 28.8 Å². The second kappa shape index (κ2) is 6.58. The van der Waals surface area contributed by atoms with Crippen molar-refractivity contribution in [3.8, 4) is 11.4 Å². The number of nitrogens with zero attached hydrogens (tertiary/aromatic N) is 2. The molecule has 2 nitrogen and oxygen atoms in total. The van der Waals surface area contributed by atoms with Crippen molar-refractivity contribution < 1.29 is 13.2 Å². The van der Waals surface area contributed by atoms with Gasteiger partial charge in [-0.2, -0.15) is 13.2 Å². The molecule has 4 rings (SSSR count). The molecule has 0 spiro atoms. The molecule has 0 radical (unpaired) electrons. The molecule has 0 aliphatic rings. The average Bonchev–Trinajstić information content (AvgIpc) is 3.01. The fourth-order valence-corrected chi connectivity index (χ4v) is 3.23. The molecule has 0 bridgehead atoms. The number of hydrogen-bond acceptors (Lipinski definition) is 1. The van der Waals surface area contributed by atoms with Crippen LogP contribution in [0.2, 0.25) is 0 Å². The number of fused-ring (bicyclic) bond motifs is 1. The Labute approximate surface area is 154 Å². The largest absolute Gasteiger partial charge is 0.416 e. The summed E-state index contributed by atoms with van der Waals surface area (Å²) in [4.78, 5) is 4.55. The van der Waals surface area contributed by atoms with Crippen molar-refractivity contribution in [3.05, 3.63) is 89.5 Å². The molecule has 0 aliphatic carbocycles. The van der Waals surface area contributed by atoms with Gasteiger partial charge in [-0.1, -0.05) is 54.6 Å². The Morgan fingerprint density at radius 3 is 2.30 bits per heavy atom. The van der Waals surface area contributed by atoms with E-state index in [4.69, 9.17) is 0 Å². The second-order valence-corrected chi connectivity index (χ2v) is 6.52. The zero-order valence-electron chi connectivity index (χ0n) is 14.7. The fourth-order valence-electron chi connectivity index (χ4n) is 3.23. The topological polar surface area (TPSA) is 17.8 Å². The summed E-state index contributed by atoms with van der Waals surface area (Å²) in [5, 5.41) is 0. The minimum Gasteiger partial charge on any atom is -0.319 e. The molecule has 0 saturated carbocycles. The van der Waals surface area contributed by atoms with Gasteiger partial charge in [0, 0.05) is 12.1 Å². The minimum absolute atomic E-state index is 0.345. The number of aromatic nitrogens is 2. The van der Waals surface area contributed by atoms with Crippen LogP contribution in [-0.2, 0) is 12.7 Å². The Balaban J connectivity index is 1.92. The minimum atomic E-state index is -4.39. The number of alkyl halides is 3. The smallest absolute Gasteiger partial charge is 0.319 e. The lowest BCUT2D eigenvalue weighted by atomic mass is 10.1. The quantitative estimate of drug-likeness (QED) is 0.430. The van der Waals surface area contributed by atoms with Gasteiger partial charge in [0.05, 0.1) is 16.6 Å². The molecule has 1 heterocycles. The molecular formula is C22H17F3N2. The van der Waals surface area contributed by atoms with Gasteiger partial charge < -0.3 is 4.57 Å². The van der Waals surface area contributed by atoms with Crippen molar-refractivity contribution in [2.24, 2.45) is 0 Å². The van der Waals surface area contributed by atoms with Crippen LogP contribution >= 0.6 is 0 Å². The SMILES string of the molecule is Cc1ccccc1Cn1c(-c2ccccc2)nc2cc(C(F)(F)F)ccc21. The average molecular weight is 366 g/mol. The van der Waals surface area contributed by atoms with Crippen LogP contribution < -0.4 is 0 Å². The summed E-state index contributed by atoms with van der Waals surface area (Å²) in [6.07, 6.45) is -4.39. The maximum absolute atomic E-state index is 13.1. The molecule has 136 valence electrons. The van der Waals surface area contributed by atoms with Crippen molar-refractivity contribution in [3.63, 3.8) is 0 Å². The van der Waals surface area contributed by atoms with E-state index in [1.165, 1.54) is 6.07 Å². The summed E-state index contributed by atoms with van der Waals surface area (Å²) < 4.78 is 41.3. The van der Waals surface area contributed by atoms with Crippen LogP contribution in [-0.4, -0.2) is 9.55 Å². The van der Waals surface area contributed by atoms with Crippen LogP contribution in [0.4, 0.5) is 13.2 Å². The summed E-state index contributed by atoms with van der Waals surface area (Å²) in [7, 11) is 0. The first kappa shape index (κ1) is 17.3. The van der Waals surface area contributed by atoms with Gasteiger partial charge in [-0.05, 0) is 36.2 Å². The Bertz CT molecular complexity index is 1100.